The number of alkyl halides is 2. The number of hydrogen-bond donors (Lipinski definition) is 1. The number of hydrogen-bond acceptors (Lipinski definition) is 6. The Balaban J connectivity index is 1.64. The zero-order chi connectivity index (χ0) is 31.7. The van der Waals surface area contributed by atoms with Crippen molar-refractivity contribution in [3.8, 4) is 28.6 Å². The number of amides is 1. The van der Waals surface area contributed by atoms with E-state index >= 15 is 8.78 Å². The lowest BCUT2D eigenvalue weighted by Gasteiger charge is -2.29. The summed E-state index contributed by atoms with van der Waals surface area (Å²) in [5.41, 5.74) is -0.390. The molecule has 1 fully saturated rings. The highest BCUT2D eigenvalue weighted by molar-refractivity contribution is 6.06. The lowest BCUT2D eigenvalue weighted by atomic mass is 9.89. The second-order valence-electron chi connectivity index (χ2n) is 10.7. The molecule has 0 radical (unpaired) electrons. The topological polar surface area (TPSA) is 90.6 Å². The van der Waals surface area contributed by atoms with Crippen molar-refractivity contribution >= 4 is 11.6 Å². The number of pyridine rings is 1. The van der Waals surface area contributed by atoms with Gasteiger partial charge in [-0.05, 0) is 87.8 Å². The van der Waals surface area contributed by atoms with Gasteiger partial charge in [-0.2, -0.15) is 13.5 Å². The molecule has 3 heterocycles. The van der Waals surface area contributed by atoms with Crippen LogP contribution in [0.3, 0.4) is 0 Å². The first kappa shape index (κ1) is 30.8. The fourth-order valence-corrected chi connectivity index (χ4v) is 5.49. The van der Waals surface area contributed by atoms with Gasteiger partial charge in [0.15, 0.2) is 5.82 Å². The Labute approximate surface area is 250 Å². The third-order valence-corrected chi connectivity index (χ3v) is 7.70. The molecule has 232 valence electrons. The first-order chi connectivity index (χ1) is 21.0. The van der Waals surface area contributed by atoms with Crippen LogP contribution < -0.4 is 20.3 Å². The van der Waals surface area contributed by atoms with Crippen molar-refractivity contribution in [1.29, 1.82) is 0 Å². The Bertz CT molecular complexity index is 1720. The zero-order valence-electron chi connectivity index (χ0n) is 24.5. The van der Waals surface area contributed by atoms with Crippen molar-refractivity contribution in [1.82, 2.24) is 19.2 Å². The minimum absolute atomic E-state index is 0.0127. The number of aryl methyl sites for hydroxylation is 1. The maximum absolute atomic E-state index is 15.4. The quantitative estimate of drug-likeness (QED) is 0.264. The summed E-state index contributed by atoms with van der Waals surface area (Å²) in [5, 5.41) is 2.49. The van der Waals surface area contributed by atoms with E-state index in [-0.39, 0.29) is 34.5 Å². The summed E-state index contributed by atoms with van der Waals surface area (Å²) in [4.78, 5) is 34.1. The molecule has 4 aromatic rings. The summed E-state index contributed by atoms with van der Waals surface area (Å²) < 4.78 is 67.7. The molecule has 1 amide bonds. The number of carbonyl (C=O) groups is 1. The van der Waals surface area contributed by atoms with Crippen LogP contribution >= 0.6 is 0 Å². The summed E-state index contributed by atoms with van der Waals surface area (Å²) in [6.07, 6.45) is 1.83. The van der Waals surface area contributed by atoms with E-state index in [1.807, 2.05) is 6.07 Å². The largest absolute Gasteiger partial charge is 0.497 e. The number of rotatable bonds is 8. The number of nitrogens with zero attached hydrogens (tertiary/aromatic N) is 4. The predicted octanol–water partition coefficient (Wildman–Crippen LogP) is 5.50. The van der Waals surface area contributed by atoms with Gasteiger partial charge in [-0.1, -0.05) is 0 Å². The van der Waals surface area contributed by atoms with Crippen molar-refractivity contribution in [2.45, 2.75) is 32.3 Å². The van der Waals surface area contributed by atoms with Crippen molar-refractivity contribution < 1.29 is 31.8 Å². The van der Waals surface area contributed by atoms with Gasteiger partial charge in [-0.25, -0.2) is 13.8 Å². The summed E-state index contributed by atoms with van der Waals surface area (Å²) in [5.74, 6) is -2.67. The Hall–Kier alpha value is -4.65. The number of nitrogens with one attached hydrogen (secondary N) is 1. The molecule has 0 bridgehead atoms. The van der Waals surface area contributed by atoms with Crippen molar-refractivity contribution in [2.75, 3.05) is 32.6 Å². The normalized spacial score (nSPS) is 14.2. The van der Waals surface area contributed by atoms with Crippen molar-refractivity contribution in [3.63, 3.8) is 0 Å². The molecule has 0 unspecified atom stereocenters. The number of piperidine rings is 1. The fraction of sp³-hybridized carbons (Fsp3) is 0.323. The van der Waals surface area contributed by atoms with E-state index in [1.54, 1.807) is 13.0 Å². The van der Waals surface area contributed by atoms with Crippen LogP contribution in [0, 0.1) is 18.6 Å². The highest BCUT2D eigenvalue weighted by Crippen LogP contribution is 2.35. The van der Waals surface area contributed by atoms with Gasteiger partial charge in [0.1, 0.15) is 34.5 Å². The molecule has 1 N–H and O–H groups in total. The molecule has 44 heavy (non-hydrogen) atoms. The molecule has 2 aromatic heterocycles. The predicted molar refractivity (Wildman–Crippen MR) is 156 cm³/mol. The number of anilines is 1. The minimum atomic E-state index is -3.05. The first-order valence-corrected chi connectivity index (χ1v) is 13.9. The van der Waals surface area contributed by atoms with Crippen LogP contribution in [0.1, 0.15) is 40.4 Å². The molecule has 0 saturated carbocycles. The molecule has 0 atom stereocenters. The molecule has 0 aliphatic carbocycles. The van der Waals surface area contributed by atoms with Gasteiger partial charge < -0.3 is 19.7 Å². The number of carbonyl (C=O) groups excluding carboxylic acids is 1. The number of ether oxygens (including phenoxy) is 2. The van der Waals surface area contributed by atoms with E-state index in [4.69, 9.17) is 4.74 Å². The lowest BCUT2D eigenvalue weighted by Crippen LogP contribution is -2.29. The van der Waals surface area contributed by atoms with Gasteiger partial charge in [-0.3, -0.25) is 14.3 Å². The number of benzene rings is 2. The Kier molecular flexibility index (Phi) is 8.77. The van der Waals surface area contributed by atoms with Gasteiger partial charge in [0, 0.05) is 30.4 Å². The minimum Gasteiger partial charge on any atom is -0.497 e. The number of likely N-dealkylation sites (tertiary alicyclic amines) is 1. The lowest BCUT2D eigenvalue weighted by molar-refractivity contribution is -0.0498. The van der Waals surface area contributed by atoms with Crippen molar-refractivity contribution in [3.05, 3.63) is 87.3 Å². The maximum Gasteiger partial charge on any atom is 0.387 e. The second-order valence-corrected chi connectivity index (χ2v) is 10.7. The first-order valence-electron chi connectivity index (χ1n) is 13.9. The van der Waals surface area contributed by atoms with Gasteiger partial charge in [0.25, 0.3) is 11.5 Å². The Morgan fingerprint density at radius 1 is 1.00 bits per heavy atom. The van der Waals surface area contributed by atoms with E-state index in [2.05, 4.69) is 27.0 Å². The molecule has 5 rings (SSSR count). The van der Waals surface area contributed by atoms with E-state index in [0.29, 0.717) is 5.69 Å². The average molecular weight is 614 g/mol. The van der Waals surface area contributed by atoms with Crippen LogP contribution in [0.2, 0.25) is 0 Å². The SMILES string of the molecule is COc1cc(F)c(-c2c(NC(=O)c3ccc(OC(F)F)cc3)c(=O)n(-c3cc(C4CCN(C)CC4)cc(C)n3)n2C)c(F)c1. The molecular weight excluding hydrogens is 582 g/mol. The summed E-state index contributed by atoms with van der Waals surface area (Å²) in [6, 6.07) is 10.4. The van der Waals surface area contributed by atoms with E-state index in [0.717, 1.165) is 60.4 Å². The van der Waals surface area contributed by atoms with Crippen LogP contribution in [0.4, 0.5) is 23.2 Å². The highest BCUT2D eigenvalue weighted by Gasteiger charge is 2.29. The van der Waals surface area contributed by atoms with Gasteiger partial charge >= 0.3 is 6.61 Å². The number of methoxy groups -OCH3 is 1. The number of aromatic nitrogens is 3. The Morgan fingerprint density at radius 3 is 2.23 bits per heavy atom. The average Bonchev–Trinajstić information content (AvgIpc) is 3.21. The van der Waals surface area contributed by atoms with E-state index in [1.165, 1.54) is 31.0 Å². The molecule has 9 nitrogen and oxygen atoms in total. The second kappa shape index (κ2) is 12.5. The smallest absolute Gasteiger partial charge is 0.387 e. The van der Waals surface area contributed by atoms with E-state index in [9.17, 15) is 18.4 Å². The number of halogens is 4. The van der Waals surface area contributed by atoms with Crippen molar-refractivity contribution in [2.24, 2.45) is 7.05 Å². The molecule has 1 aliphatic heterocycles. The Morgan fingerprint density at radius 2 is 1.64 bits per heavy atom. The standard InChI is InChI=1S/C31H31F4N5O4/c1-17-13-20(18-9-11-38(2)12-10-18)14-25(36-17)40-30(42)27(37-29(41)19-5-7-21(8-6-19)44-31(34)35)28(39(40)3)26-23(32)15-22(43-4)16-24(26)33/h5-8,13-16,18,31H,9-12H2,1-4H3,(H,37,41). The highest BCUT2D eigenvalue weighted by atomic mass is 19.3. The van der Waals surface area contributed by atoms with Gasteiger partial charge in [0.2, 0.25) is 0 Å². The molecule has 2 aromatic carbocycles. The molecule has 0 spiro atoms. The molecular formula is C31H31F4N5O4. The van der Waals surface area contributed by atoms with Crippen LogP contribution in [0.5, 0.6) is 11.5 Å². The van der Waals surface area contributed by atoms with Crippen LogP contribution in [-0.2, 0) is 7.05 Å². The zero-order valence-corrected chi connectivity index (χ0v) is 24.5. The van der Waals surface area contributed by atoms with Crippen LogP contribution in [0.15, 0.2) is 53.3 Å². The summed E-state index contributed by atoms with van der Waals surface area (Å²) in [7, 11) is 4.75. The van der Waals surface area contributed by atoms with Crippen LogP contribution in [0.25, 0.3) is 17.1 Å². The molecule has 1 saturated heterocycles. The third-order valence-electron chi connectivity index (χ3n) is 7.70. The monoisotopic (exact) mass is 613 g/mol. The van der Waals surface area contributed by atoms with Gasteiger partial charge in [-0.15, -0.1) is 0 Å². The fourth-order valence-electron chi connectivity index (χ4n) is 5.49. The summed E-state index contributed by atoms with van der Waals surface area (Å²) >= 11 is 0. The van der Waals surface area contributed by atoms with E-state index < -0.39 is 41.0 Å². The summed E-state index contributed by atoms with van der Waals surface area (Å²) in [6.45, 7) is 0.572. The molecule has 1 aliphatic rings. The van der Waals surface area contributed by atoms with Gasteiger partial charge in [0.05, 0.1) is 12.7 Å². The third kappa shape index (κ3) is 6.18. The molecule has 13 heteroatoms. The van der Waals surface area contributed by atoms with Crippen LogP contribution in [-0.4, -0.2) is 59.0 Å². The maximum atomic E-state index is 15.4.